The molecule has 2 aromatic rings. The van der Waals surface area contributed by atoms with Crippen molar-refractivity contribution < 1.29 is 9.18 Å². The second-order valence-electron chi connectivity index (χ2n) is 4.15. The minimum atomic E-state index is -0.284. The number of pyridine rings is 1. The van der Waals surface area contributed by atoms with Crippen LogP contribution in [0.15, 0.2) is 24.5 Å². The van der Waals surface area contributed by atoms with E-state index < -0.39 is 0 Å². The van der Waals surface area contributed by atoms with E-state index >= 15 is 0 Å². The van der Waals surface area contributed by atoms with Crippen molar-refractivity contribution in [1.29, 1.82) is 0 Å². The first-order chi connectivity index (χ1) is 8.28. The molecule has 5 heteroatoms. The van der Waals surface area contributed by atoms with Crippen LogP contribution in [0.25, 0.3) is 5.82 Å². The van der Waals surface area contributed by atoms with Crippen LogP contribution in [-0.2, 0) is 0 Å². The van der Waals surface area contributed by atoms with Gasteiger partial charge in [0.25, 0.3) is 0 Å². The zero-order chi connectivity index (χ0) is 11.8. The summed E-state index contributed by atoms with van der Waals surface area (Å²) in [4.78, 5) is 14.5. The van der Waals surface area contributed by atoms with E-state index in [0.717, 1.165) is 19.1 Å². The van der Waals surface area contributed by atoms with Crippen LogP contribution in [0.4, 0.5) is 4.39 Å². The van der Waals surface area contributed by atoms with Crippen LogP contribution in [0.3, 0.4) is 0 Å². The second-order valence-corrected chi connectivity index (χ2v) is 4.15. The van der Waals surface area contributed by atoms with Crippen LogP contribution in [0, 0.1) is 5.82 Å². The maximum Gasteiger partial charge on any atom is 0.165 e. The number of carbonyl (C=O) groups excluding carboxylic acids is 1. The summed E-state index contributed by atoms with van der Waals surface area (Å²) in [6.07, 6.45) is 5.50. The van der Waals surface area contributed by atoms with Crippen molar-refractivity contribution in [3.63, 3.8) is 0 Å². The number of hydrogen-bond donors (Lipinski definition) is 0. The standard InChI is InChI=1S/C12H10FN3O/c13-10-6-16(15-12(10)9-2-3-9)11-4-1-8(7-17)5-14-11/h1,4-7,9H,2-3H2. The Kier molecular flexibility index (Phi) is 2.24. The Bertz CT molecular complexity index is 558. The third-order valence-corrected chi connectivity index (χ3v) is 2.80. The topological polar surface area (TPSA) is 47.8 Å². The third kappa shape index (κ3) is 1.84. The van der Waals surface area contributed by atoms with Crippen molar-refractivity contribution in [2.75, 3.05) is 0 Å². The molecule has 0 amide bonds. The SMILES string of the molecule is O=Cc1ccc(-n2cc(F)c(C3CC3)n2)nc1. The van der Waals surface area contributed by atoms with Gasteiger partial charge in [0.15, 0.2) is 17.9 Å². The fraction of sp³-hybridized carbons (Fsp3) is 0.250. The molecule has 1 fully saturated rings. The summed E-state index contributed by atoms with van der Waals surface area (Å²) in [7, 11) is 0. The highest BCUT2D eigenvalue weighted by Gasteiger charge is 2.29. The van der Waals surface area contributed by atoms with E-state index in [4.69, 9.17) is 0 Å². The molecule has 0 atom stereocenters. The van der Waals surface area contributed by atoms with Crippen LogP contribution >= 0.6 is 0 Å². The monoisotopic (exact) mass is 231 g/mol. The smallest absolute Gasteiger partial charge is 0.165 e. The minimum absolute atomic E-state index is 0.269. The Hall–Kier alpha value is -2.04. The highest BCUT2D eigenvalue weighted by Crippen LogP contribution is 2.40. The quantitative estimate of drug-likeness (QED) is 0.760. The molecule has 0 bridgehead atoms. The first-order valence-corrected chi connectivity index (χ1v) is 5.44. The van der Waals surface area contributed by atoms with Gasteiger partial charge in [-0.15, -0.1) is 0 Å². The summed E-state index contributed by atoms with van der Waals surface area (Å²) >= 11 is 0. The molecule has 2 heterocycles. The van der Waals surface area contributed by atoms with Gasteiger partial charge in [0, 0.05) is 17.7 Å². The van der Waals surface area contributed by atoms with Crippen LogP contribution in [0.2, 0.25) is 0 Å². The Morgan fingerprint density at radius 1 is 1.41 bits per heavy atom. The molecule has 0 radical (unpaired) electrons. The summed E-state index contributed by atoms with van der Waals surface area (Å²) in [6.45, 7) is 0. The fourth-order valence-corrected chi connectivity index (χ4v) is 1.72. The molecule has 0 unspecified atom stereocenters. The van der Waals surface area contributed by atoms with Gasteiger partial charge in [-0.1, -0.05) is 0 Å². The Morgan fingerprint density at radius 3 is 2.82 bits per heavy atom. The molecule has 0 aromatic carbocycles. The zero-order valence-corrected chi connectivity index (χ0v) is 9.01. The second kappa shape index (κ2) is 3.76. The lowest BCUT2D eigenvalue weighted by Gasteiger charge is -1.99. The minimum Gasteiger partial charge on any atom is -0.298 e. The molecule has 4 nitrogen and oxygen atoms in total. The molecule has 0 N–H and O–H groups in total. The third-order valence-electron chi connectivity index (χ3n) is 2.80. The molecular formula is C12H10FN3O. The number of aromatic nitrogens is 3. The Labute approximate surface area is 97.1 Å². The number of carbonyl (C=O) groups is 1. The van der Waals surface area contributed by atoms with E-state index in [-0.39, 0.29) is 11.7 Å². The van der Waals surface area contributed by atoms with Crippen LogP contribution < -0.4 is 0 Å². The van der Waals surface area contributed by atoms with Crippen molar-refractivity contribution in [2.45, 2.75) is 18.8 Å². The molecule has 0 aliphatic heterocycles. The van der Waals surface area contributed by atoms with E-state index in [1.165, 1.54) is 17.1 Å². The molecule has 1 aliphatic carbocycles. The van der Waals surface area contributed by atoms with Gasteiger partial charge in [0.05, 0.1) is 6.20 Å². The van der Waals surface area contributed by atoms with E-state index in [1.807, 2.05) is 0 Å². The number of rotatable bonds is 3. The van der Waals surface area contributed by atoms with Crippen LogP contribution in [0.5, 0.6) is 0 Å². The number of halogens is 1. The average molecular weight is 231 g/mol. The molecule has 0 saturated heterocycles. The predicted octanol–water partition coefficient (Wildman–Crippen LogP) is 2.10. The number of nitrogens with zero attached hydrogens (tertiary/aromatic N) is 3. The predicted molar refractivity (Wildman–Crippen MR) is 58.7 cm³/mol. The average Bonchev–Trinajstić information content (AvgIpc) is 3.13. The van der Waals surface area contributed by atoms with E-state index in [9.17, 15) is 9.18 Å². The largest absolute Gasteiger partial charge is 0.298 e. The molecule has 1 aliphatic rings. The number of aldehydes is 1. The first kappa shape index (κ1) is 10.1. The molecule has 1 saturated carbocycles. The Balaban J connectivity index is 1.96. The highest BCUT2D eigenvalue weighted by molar-refractivity contribution is 5.74. The fourth-order valence-electron chi connectivity index (χ4n) is 1.72. The molecule has 2 aromatic heterocycles. The van der Waals surface area contributed by atoms with Crippen molar-refractivity contribution in [3.8, 4) is 5.82 Å². The van der Waals surface area contributed by atoms with E-state index in [2.05, 4.69) is 10.1 Å². The molecule has 17 heavy (non-hydrogen) atoms. The maximum absolute atomic E-state index is 13.6. The van der Waals surface area contributed by atoms with Gasteiger partial charge >= 0.3 is 0 Å². The Morgan fingerprint density at radius 2 is 2.24 bits per heavy atom. The van der Waals surface area contributed by atoms with Crippen LogP contribution in [-0.4, -0.2) is 21.1 Å². The van der Waals surface area contributed by atoms with Crippen molar-refractivity contribution in [2.24, 2.45) is 0 Å². The van der Waals surface area contributed by atoms with Crippen molar-refractivity contribution >= 4 is 6.29 Å². The lowest BCUT2D eigenvalue weighted by molar-refractivity contribution is 0.112. The molecule has 0 spiro atoms. The lowest BCUT2D eigenvalue weighted by atomic mass is 10.3. The summed E-state index contributed by atoms with van der Waals surface area (Å²) in [5.41, 5.74) is 1.01. The zero-order valence-electron chi connectivity index (χ0n) is 9.01. The summed E-state index contributed by atoms with van der Waals surface area (Å²) in [5.74, 6) is 0.501. The van der Waals surface area contributed by atoms with Gasteiger partial charge < -0.3 is 0 Å². The highest BCUT2D eigenvalue weighted by atomic mass is 19.1. The molecule has 3 rings (SSSR count). The molecule has 86 valence electrons. The van der Waals surface area contributed by atoms with Gasteiger partial charge in [-0.3, -0.25) is 4.79 Å². The van der Waals surface area contributed by atoms with Gasteiger partial charge in [-0.2, -0.15) is 5.10 Å². The van der Waals surface area contributed by atoms with Gasteiger partial charge in [0.2, 0.25) is 0 Å². The van der Waals surface area contributed by atoms with Crippen molar-refractivity contribution in [3.05, 3.63) is 41.6 Å². The van der Waals surface area contributed by atoms with Gasteiger partial charge in [0.1, 0.15) is 5.69 Å². The van der Waals surface area contributed by atoms with Gasteiger partial charge in [-0.05, 0) is 25.0 Å². The lowest BCUT2D eigenvalue weighted by Crippen LogP contribution is -1.99. The maximum atomic E-state index is 13.6. The summed E-state index contributed by atoms with van der Waals surface area (Å²) in [5, 5.41) is 4.19. The first-order valence-electron chi connectivity index (χ1n) is 5.44. The normalized spacial score (nSPS) is 14.9. The van der Waals surface area contributed by atoms with Gasteiger partial charge in [-0.25, -0.2) is 14.1 Å². The van der Waals surface area contributed by atoms with Crippen molar-refractivity contribution in [1.82, 2.24) is 14.8 Å². The molecular weight excluding hydrogens is 221 g/mol. The number of hydrogen-bond acceptors (Lipinski definition) is 3. The summed E-state index contributed by atoms with van der Waals surface area (Å²) < 4.78 is 15.0. The van der Waals surface area contributed by atoms with Crippen LogP contribution in [0.1, 0.15) is 34.8 Å². The van der Waals surface area contributed by atoms with E-state index in [0.29, 0.717) is 17.1 Å². The van der Waals surface area contributed by atoms with E-state index in [1.54, 1.807) is 12.1 Å². The summed E-state index contributed by atoms with van der Waals surface area (Å²) in [6, 6.07) is 3.28.